The Bertz CT molecular complexity index is 1060. The highest BCUT2D eigenvalue weighted by atomic mass is 16.6. The summed E-state index contributed by atoms with van der Waals surface area (Å²) < 4.78 is 10.3. The van der Waals surface area contributed by atoms with Gasteiger partial charge in [-0.15, -0.1) is 0 Å². The number of esters is 1. The largest absolute Gasteiger partial charge is 0.480 e. The zero-order valence-corrected chi connectivity index (χ0v) is 18.0. The Balaban J connectivity index is 1.44. The van der Waals surface area contributed by atoms with E-state index in [1.807, 2.05) is 48.5 Å². The van der Waals surface area contributed by atoms with Gasteiger partial charge in [0.05, 0.1) is 6.61 Å². The van der Waals surface area contributed by atoms with Crippen LogP contribution < -0.4 is 10.6 Å². The number of carboxylic acids is 1. The molecule has 0 heterocycles. The Morgan fingerprint density at radius 1 is 1.00 bits per heavy atom. The number of carbonyl (C=O) groups excluding carboxylic acids is 3. The van der Waals surface area contributed by atoms with Gasteiger partial charge in [0, 0.05) is 5.92 Å². The molecule has 0 aromatic heterocycles. The Morgan fingerprint density at radius 3 is 2.09 bits per heavy atom. The molecular weight excluding hydrogens is 428 g/mol. The summed E-state index contributed by atoms with van der Waals surface area (Å²) >= 11 is 0. The summed E-state index contributed by atoms with van der Waals surface area (Å²) in [5.41, 5.74) is 2.75. The van der Waals surface area contributed by atoms with Crippen molar-refractivity contribution < 1.29 is 33.8 Å². The van der Waals surface area contributed by atoms with Crippen molar-refractivity contribution in [1.29, 1.82) is 0 Å². The lowest BCUT2D eigenvalue weighted by molar-refractivity contribution is -0.151. The third kappa shape index (κ3) is 4.39. The molecular formula is C24H24N2O7. The summed E-state index contributed by atoms with van der Waals surface area (Å²) in [5.74, 6) is -3.34. The highest BCUT2D eigenvalue weighted by Crippen LogP contribution is 2.44. The van der Waals surface area contributed by atoms with Crippen molar-refractivity contribution in [3.8, 4) is 11.1 Å². The first-order valence-corrected chi connectivity index (χ1v) is 10.7. The summed E-state index contributed by atoms with van der Waals surface area (Å²) in [5, 5.41) is 13.8. The number of aliphatic carboxylic acids is 1. The minimum absolute atomic E-state index is 0.00388. The average Bonchev–Trinajstić information content (AvgIpc) is 3.52. The van der Waals surface area contributed by atoms with Gasteiger partial charge in [0.2, 0.25) is 6.04 Å². The second kappa shape index (κ2) is 8.93. The highest BCUT2D eigenvalue weighted by Gasteiger charge is 2.53. The number of carbonyl (C=O) groups is 4. The van der Waals surface area contributed by atoms with E-state index in [1.165, 1.54) is 0 Å². The van der Waals surface area contributed by atoms with Gasteiger partial charge in [-0.1, -0.05) is 48.5 Å². The van der Waals surface area contributed by atoms with E-state index in [9.17, 15) is 24.3 Å². The lowest BCUT2D eigenvalue weighted by Gasteiger charge is -2.20. The summed E-state index contributed by atoms with van der Waals surface area (Å²) in [6.07, 6.45) is -0.492. The molecule has 9 nitrogen and oxygen atoms in total. The van der Waals surface area contributed by atoms with E-state index in [2.05, 4.69) is 10.6 Å². The first-order valence-electron chi connectivity index (χ1n) is 10.7. The maximum Gasteiger partial charge on any atom is 0.408 e. The summed E-state index contributed by atoms with van der Waals surface area (Å²) in [4.78, 5) is 48.8. The minimum atomic E-state index is -1.72. The number of alkyl carbamates (subject to hydrolysis) is 1. The maximum absolute atomic E-state index is 12.6. The monoisotopic (exact) mass is 452 g/mol. The smallest absolute Gasteiger partial charge is 0.408 e. The quantitative estimate of drug-likeness (QED) is 0.413. The van der Waals surface area contributed by atoms with Crippen LogP contribution in [0.15, 0.2) is 48.5 Å². The number of hydrogen-bond donors (Lipinski definition) is 3. The van der Waals surface area contributed by atoms with Gasteiger partial charge in [-0.2, -0.15) is 0 Å². The summed E-state index contributed by atoms with van der Waals surface area (Å²) in [7, 11) is 0. The number of benzene rings is 2. The normalized spacial score (nSPS) is 16.0. The Morgan fingerprint density at radius 2 is 1.58 bits per heavy atom. The van der Waals surface area contributed by atoms with Crippen LogP contribution in [0.1, 0.15) is 36.8 Å². The molecule has 0 saturated heterocycles. The van der Waals surface area contributed by atoms with Crippen LogP contribution in [0, 0.1) is 0 Å². The topological polar surface area (TPSA) is 131 Å². The van der Waals surface area contributed by atoms with Crippen LogP contribution in [-0.2, 0) is 23.9 Å². The van der Waals surface area contributed by atoms with Crippen LogP contribution in [-0.4, -0.2) is 53.8 Å². The van der Waals surface area contributed by atoms with Crippen LogP contribution >= 0.6 is 0 Å². The summed E-state index contributed by atoms with van der Waals surface area (Å²) in [6.45, 7) is 1.54. The third-order valence-corrected chi connectivity index (χ3v) is 5.91. The van der Waals surface area contributed by atoms with Crippen molar-refractivity contribution in [3.63, 3.8) is 0 Å². The van der Waals surface area contributed by atoms with Gasteiger partial charge in [0.25, 0.3) is 5.91 Å². The van der Waals surface area contributed by atoms with E-state index >= 15 is 0 Å². The number of carboxylic acid groups (broad SMARTS) is 1. The molecule has 1 saturated carbocycles. The van der Waals surface area contributed by atoms with Crippen molar-refractivity contribution in [2.75, 3.05) is 13.2 Å². The van der Waals surface area contributed by atoms with Crippen LogP contribution in [0.5, 0.6) is 0 Å². The molecule has 2 aliphatic rings. The van der Waals surface area contributed by atoms with Gasteiger partial charge >= 0.3 is 18.0 Å². The van der Waals surface area contributed by atoms with E-state index in [4.69, 9.17) is 9.47 Å². The van der Waals surface area contributed by atoms with Crippen molar-refractivity contribution in [1.82, 2.24) is 10.6 Å². The van der Waals surface area contributed by atoms with Crippen molar-refractivity contribution in [2.45, 2.75) is 37.3 Å². The fourth-order valence-corrected chi connectivity index (χ4v) is 4.04. The second-order valence-electron chi connectivity index (χ2n) is 8.03. The second-order valence-corrected chi connectivity index (χ2v) is 8.03. The summed E-state index contributed by atoms with van der Waals surface area (Å²) in [6, 6.07) is 13.9. The molecule has 3 N–H and O–H groups in total. The molecule has 0 bridgehead atoms. The van der Waals surface area contributed by atoms with E-state index in [0.717, 1.165) is 22.3 Å². The molecule has 0 aliphatic heterocycles. The third-order valence-electron chi connectivity index (χ3n) is 5.91. The fourth-order valence-electron chi connectivity index (χ4n) is 4.04. The number of amides is 2. The van der Waals surface area contributed by atoms with Gasteiger partial charge in [0.1, 0.15) is 12.1 Å². The fraction of sp³-hybridized carbons (Fsp3) is 0.333. The predicted molar refractivity (Wildman–Crippen MR) is 116 cm³/mol. The molecule has 0 spiro atoms. The molecule has 2 aromatic carbocycles. The molecule has 2 amide bonds. The molecule has 1 atom stereocenters. The number of nitrogens with one attached hydrogen (secondary N) is 2. The predicted octanol–water partition coefficient (Wildman–Crippen LogP) is 2.19. The molecule has 2 aromatic rings. The van der Waals surface area contributed by atoms with Crippen molar-refractivity contribution in [2.24, 2.45) is 0 Å². The number of ether oxygens (including phenoxy) is 2. The number of fused-ring (bicyclic) bond motifs is 3. The van der Waals surface area contributed by atoms with E-state index in [0.29, 0.717) is 0 Å². The zero-order valence-electron chi connectivity index (χ0n) is 18.0. The van der Waals surface area contributed by atoms with Crippen LogP contribution in [0.2, 0.25) is 0 Å². The molecule has 2 aliphatic carbocycles. The number of rotatable bonds is 8. The Kier molecular flexibility index (Phi) is 6.04. The molecule has 1 fully saturated rings. The van der Waals surface area contributed by atoms with Gasteiger partial charge in [-0.3, -0.25) is 10.1 Å². The van der Waals surface area contributed by atoms with Crippen LogP contribution in [0.4, 0.5) is 4.79 Å². The van der Waals surface area contributed by atoms with Crippen molar-refractivity contribution in [3.05, 3.63) is 59.7 Å². The molecule has 0 radical (unpaired) electrons. The van der Waals surface area contributed by atoms with E-state index in [-0.39, 0.29) is 32.0 Å². The Labute approximate surface area is 190 Å². The lowest BCUT2D eigenvalue weighted by atomic mass is 9.98. The molecule has 9 heteroatoms. The van der Waals surface area contributed by atoms with E-state index < -0.39 is 35.5 Å². The van der Waals surface area contributed by atoms with Crippen LogP contribution in [0.3, 0.4) is 0 Å². The maximum atomic E-state index is 12.6. The first kappa shape index (κ1) is 22.3. The lowest BCUT2D eigenvalue weighted by Crippen LogP contribution is -2.56. The average molecular weight is 452 g/mol. The molecule has 33 heavy (non-hydrogen) atoms. The van der Waals surface area contributed by atoms with Gasteiger partial charge < -0.3 is 19.9 Å². The zero-order chi connectivity index (χ0) is 23.6. The van der Waals surface area contributed by atoms with Gasteiger partial charge in [0.15, 0.2) is 0 Å². The molecule has 1 unspecified atom stereocenters. The van der Waals surface area contributed by atoms with Gasteiger partial charge in [-0.05, 0) is 42.0 Å². The SMILES string of the molecule is CCOC(=O)C(NC(=O)OCC1c2ccccc2-c2ccccc21)C(=O)NC1(C(=O)O)CC1. The molecule has 172 valence electrons. The van der Waals surface area contributed by atoms with E-state index in [1.54, 1.807) is 6.92 Å². The van der Waals surface area contributed by atoms with Crippen LogP contribution in [0.25, 0.3) is 11.1 Å². The number of hydrogen-bond acceptors (Lipinski definition) is 6. The first-order chi connectivity index (χ1) is 15.9. The van der Waals surface area contributed by atoms with Crippen molar-refractivity contribution >= 4 is 23.9 Å². The molecule has 4 rings (SSSR count). The minimum Gasteiger partial charge on any atom is -0.480 e. The standard InChI is InChI=1S/C24H24N2O7/c1-2-32-21(28)19(20(27)26-24(11-12-24)22(29)30)25-23(31)33-13-18-16-9-5-3-7-14(16)15-8-4-6-10-17(15)18/h3-10,18-19H,2,11-13H2,1H3,(H,25,31)(H,26,27)(H,29,30). The highest BCUT2D eigenvalue weighted by molar-refractivity contribution is 6.06. The Hall–Kier alpha value is -3.88. The van der Waals surface area contributed by atoms with Gasteiger partial charge in [-0.25, -0.2) is 14.4 Å².